The van der Waals surface area contributed by atoms with E-state index in [0.29, 0.717) is 35.8 Å². The van der Waals surface area contributed by atoms with Crippen molar-refractivity contribution in [1.82, 2.24) is 9.80 Å². The maximum atomic E-state index is 13.9. The van der Waals surface area contributed by atoms with Gasteiger partial charge in [-0.2, -0.15) is 13.2 Å². The lowest BCUT2D eigenvalue weighted by molar-refractivity contribution is -0.262. The number of carbonyl (C=O) groups is 2. The second kappa shape index (κ2) is 12.4. The Morgan fingerprint density at radius 1 is 1.13 bits per heavy atom. The SMILES string of the molecule is C[C@H](CCCOc1ccc(C(=O)N(C)C)c(Cl)c1)C1CCN(C(=O)[C@@](O)(c2ccccc2)C(F)(F)F)CC1. The minimum Gasteiger partial charge on any atom is -0.494 e. The predicted octanol–water partition coefficient (Wildman–Crippen LogP) is 5.53. The molecule has 2 atom stereocenters. The molecule has 1 heterocycles. The maximum Gasteiger partial charge on any atom is 0.430 e. The zero-order chi connectivity index (χ0) is 28.1. The first-order chi connectivity index (χ1) is 17.9. The Hall–Kier alpha value is -2.78. The van der Waals surface area contributed by atoms with Crippen LogP contribution in [0.5, 0.6) is 5.75 Å². The lowest BCUT2D eigenvalue weighted by Gasteiger charge is -2.39. The quantitative estimate of drug-likeness (QED) is 0.414. The van der Waals surface area contributed by atoms with Crippen LogP contribution in [0.4, 0.5) is 13.2 Å². The molecule has 1 aliphatic heterocycles. The highest BCUT2D eigenvalue weighted by Gasteiger charge is 2.62. The number of carbonyl (C=O) groups excluding carboxylic acids is 2. The van der Waals surface area contributed by atoms with Crippen molar-refractivity contribution in [3.05, 3.63) is 64.7 Å². The van der Waals surface area contributed by atoms with E-state index < -0.39 is 23.2 Å². The largest absolute Gasteiger partial charge is 0.494 e. The van der Waals surface area contributed by atoms with E-state index in [1.165, 1.54) is 23.1 Å². The van der Waals surface area contributed by atoms with Crippen LogP contribution >= 0.6 is 11.6 Å². The normalized spacial score (nSPS) is 17.0. The van der Waals surface area contributed by atoms with E-state index in [9.17, 15) is 27.9 Å². The van der Waals surface area contributed by atoms with Crippen LogP contribution in [0, 0.1) is 11.8 Å². The summed E-state index contributed by atoms with van der Waals surface area (Å²) in [7, 11) is 3.30. The molecule has 0 aromatic heterocycles. The van der Waals surface area contributed by atoms with Crippen molar-refractivity contribution < 1.29 is 32.6 Å². The summed E-state index contributed by atoms with van der Waals surface area (Å²) >= 11 is 6.22. The molecular weight excluding hydrogens is 521 g/mol. The van der Waals surface area contributed by atoms with Gasteiger partial charge in [-0.1, -0.05) is 48.9 Å². The summed E-state index contributed by atoms with van der Waals surface area (Å²) in [6, 6.07) is 11.5. The summed E-state index contributed by atoms with van der Waals surface area (Å²) in [5.74, 6) is -0.407. The Bertz CT molecular complexity index is 1110. The topological polar surface area (TPSA) is 70.1 Å². The molecule has 0 aliphatic carbocycles. The average Bonchev–Trinajstić information content (AvgIpc) is 2.89. The third-order valence-electron chi connectivity index (χ3n) is 7.19. The summed E-state index contributed by atoms with van der Waals surface area (Å²) < 4.78 is 47.4. The van der Waals surface area contributed by atoms with E-state index in [4.69, 9.17) is 16.3 Å². The summed E-state index contributed by atoms with van der Waals surface area (Å²) in [6.07, 6.45) is -2.40. The second-order valence-electron chi connectivity index (χ2n) is 10.0. The Kier molecular flexibility index (Phi) is 9.70. The summed E-state index contributed by atoms with van der Waals surface area (Å²) in [6.45, 7) is 2.86. The van der Waals surface area contributed by atoms with Crippen molar-refractivity contribution in [2.45, 2.75) is 44.4 Å². The van der Waals surface area contributed by atoms with Gasteiger partial charge in [0.25, 0.3) is 17.4 Å². The fraction of sp³-hybridized carbons (Fsp3) is 0.500. The van der Waals surface area contributed by atoms with Crippen molar-refractivity contribution >= 4 is 23.4 Å². The van der Waals surface area contributed by atoms with Crippen LogP contribution in [0.25, 0.3) is 0 Å². The number of rotatable bonds is 9. The number of amides is 2. The fourth-order valence-corrected chi connectivity index (χ4v) is 5.07. The molecule has 0 bridgehead atoms. The predicted molar refractivity (Wildman–Crippen MR) is 139 cm³/mol. The van der Waals surface area contributed by atoms with Gasteiger partial charge in [-0.3, -0.25) is 9.59 Å². The molecule has 0 radical (unpaired) electrons. The van der Waals surface area contributed by atoms with Crippen molar-refractivity contribution in [3.8, 4) is 5.75 Å². The molecule has 1 aliphatic rings. The molecule has 0 unspecified atom stereocenters. The van der Waals surface area contributed by atoms with Crippen LogP contribution in [-0.4, -0.2) is 66.7 Å². The van der Waals surface area contributed by atoms with Gasteiger partial charge in [0.2, 0.25) is 0 Å². The Morgan fingerprint density at radius 3 is 2.32 bits per heavy atom. The Morgan fingerprint density at radius 2 is 1.76 bits per heavy atom. The number of ether oxygens (including phenoxy) is 1. The maximum absolute atomic E-state index is 13.9. The van der Waals surface area contributed by atoms with Crippen molar-refractivity contribution in [2.75, 3.05) is 33.8 Å². The van der Waals surface area contributed by atoms with Gasteiger partial charge in [-0.05, 0) is 55.7 Å². The van der Waals surface area contributed by atoms with Crippen molar-refractivity contribution in [1.29, 1.82) is 0 Å². The number of aliphatic hydroxyl groups is 1. The van der Waals surface area contributed by atoms with Gasteiger partial charge >= 0.3 is 6.18 Å². The lowest BCUT2D eigenvalue weighted by Crippen LogP contribution is -2.57. The molecule has 3 rings (SSSR count). The van der Waals surface area contributed by atoms with E-state index in [1.807, 2.05) is 0 Å². The molecule has 1 N–H and O–H groups in total. The van der Waals surface area contributed by atoms with E-state index >= 15 is 0 Å². The first-order valence-corrected chi connectivity index (χ1v) is 13.0. The van der Waals surface area contributed by atoms with Gasteiger partial charge in [0.15, 0.2) is 0 Å². The minimum atomic E-state index is -5.14. The van der Waals surface area contributed by atoms with E-state index in [2.05, 4.69) is 6.92 Å². The second-order valence-corrected chi connectivity index (χ2v) is 10.4. The van der Waals surface area contributed by atoms with Crippen LogP contribution < -0.4 is 4.74 Å². The van der Waals surface area contributed by atoms with E-state index in [0.717, 1.165) is 29.9 Å². The molecule has 0 saturated carbocycles. The molecule has 1 saturated heterocycles. The number of likely N-dealkylation sites (tertiary alicyclic amines) is 1. The molecule has 208 valence electrons. The van der Waals surface area contributed by atoms with Crippen LogP contribution in [0.2, 0.25) is 5.02 Å². The van der Waals surface area contributed by atoms with Crippen LogP contribution in [-0.2, 0) is 10.4 Å². The molecule has 1 fully saturated rings. The highest BCUT2D eigenvalue weighted by atomic mass is 35.5. The van der Waals surface area contributed by atoms with Gasteiger partial charge in [0.1, 0.15) is 5.75 Å². The molecule has 38 heavy (non-hydrogen) atoms. The van der Waals surface area contributed by atoms with E-state index in [1.54, 1.807) is 32.3 Å². The molecule has 10 heteroatoms. The third-order valence-corrected chi connectivity index (χ3v) is 7.51. The van der Waals surface area contributed by atoms with Gasteiger partial charge in [0.05, 0.1) is 17.2 Å². The van der Waals surface area contributed by atoms with Crippen molar-refractivity contribution in [3.63, 3.8) is 0 Å². The van der Waals surface area contributed by atoms with Crippen LogP contribution in [0.15, 0.2) is 48.5 Å². The van der Waals surface area contributed by atoms with Crippen LogP contribution in [0.1, 0.15) is 48.5 Å². The number of benzene rings is 2. The summed E-state index contributed by atoms with van der Waals surface area (Å²) in [4.78, 5) is 27.6. The number of halogens is 4. The minimum absolute atomic E-state index is 0.159. The molecule has 2 amide bonds. The first kappa shape index (κ1) is 29.8. The van der Waals surface area contributed by atoms with Gasteiger partial charge in [-0.15, -0.1) is 0 Å². The molecule has 2 aromatic rings. The Labute approximate surface area is 226 Å². The highest BCUT2D eigenvalue weighted by molar-refractivity contribution is 6.34. The monoisotopic (exact) mass is 554 g/mol. The Balaban J connectivity index is 1.48. The number of piperidine rings is 1. The van der Waals surface area contributed by atoms with E-state index in [-0.39, 0.29) is 30.8 Å². The molecule has 6 nitrogen and oxygen atoms in total. The number of hydrogen-bond acceptors (Lipinski definition) is 4. The summed E-state index contributed by atoms with van der Waals surface area (Å²) in [5, 5.41) is 10.9. The lowest BCUT2D eigenvalue weighted by atomic mass is 9.82. The first-order valence-electron chi connectivity index (χ1n) is 12.6. The highest BCUT2D eigenvalue weighted by Crippen LogP contribution is 2.41. The van der Waals surface area contributed by atoms with Crippen molar-refractivity contribution in [2.24, 2.45) is 11.8 Å². The van der Waals surface area contributed by atoms with Gasteiger partial charge in [-0.25, -0.2) is 0 Å². The number of nitrogens with zero attached hydrogens (tertiary/aromatic N) is 2. The average molecular weight is 555 g/mol. The van der Waals surface area contributed by atoms with Gasteiger partial charge < -0.3 is 19.6 Å². The molecule has 0 spiro atoms. The number of alkyl halides is 3. The van der Waals surface area contributed by atoms with Gasteiger partial charge in [0, 0.05) is 32.7 Å². The standard InChI is InChI=1S/C28H34ClF3N2O4/c1-19(8-7-17-38-22-11-12-23(24(29)18-22)25(35)33(2)3)20-13-15-34(16-14-20)26(36)27(37,28(30,31)32)21-9-5-4-6-10-21/h4-6,9-12,18-20,37H,7-8,13-17H2,1-3H3/t19-,27+/m1/s1. The zero-order valence-electron chi connectivity index (χ0n) is 21.8. The molecular formula is C28H34ClF3N2O4. The molecule has 2 aromatic carbocycles. The smallest absolute Gasteiger partial charge is 0.430 e. The summed E-state index contributed by atoms with van der Waals surface area (Å²) in [5.41, 5.74) is -3.64. The third kappa shape index (κ3) is 6.61. The van der Waals surface area contributed by atoms with Crippen LogP contribution in [0.3, 0.4) is 0 Å². The fourth-order valence-electron chi connectivity index (χ4n) is 4.82. The zero-order valence-corrected chi connectivity index (χ0v) is 22.6. The number of hydrogen-bond donors (Lipinski definition) is 1.